The van der Waals surface area contributed by atoms with Gasteiger partial charge in [0.15, 0.2) is 10.6 Å². The fraction of sp³-hybridized carbons (Fsp3) is 0.231. The second kappa shape index (κ2) is 5.79. The molecule has 0 aromatic carbocycles. The molecule has 0 aliphatic rings. The van der Waals surface area contributed by atoms with E-state index in [1.807, 2.05) is 29.2 Å². The zero-order valence-electron chi connectivity index (χ0n) is 10.8. The van der Waals surface area contributed by atoms with E-state index in [1.165, 1.54) is 0 Å². The largest absolute Gasteiger partial charge is 0.337 e. The van der Waals surface area contributed by atoms with E-state index in [-0.39, 0.29) is 0 Å². The minimum absolute atomic E-state index is 0.641. The van der Waals surface area contributed by atoms with Crippen LogP contribution in [0.5, 0.6) is 0 Å². The molecular formula is C13H14N6S. The van der Waals surface area contributed by atoms with Crippen LogP contribution in [0.3, 0.4) is 0 Å². The smallest absolute Gasteiger partial charge is 0.195 e. The third kappa shape index (κ3) is 2.67. The van der Waals surface area contributed by atoms with Gasteiger partial charge in [0.05, 0.1) is 6.33 Å². The molecule has 7 heteroatoms. The van der Waals surface area contributed by atoms with Crippen molar-refractivity contribution in [2.45, 2.75) is 19.5 Å². The maximum absolute atomic E-state index is 5.30. The zero-order valence-corrected chi connectivity index (χ0v) is 11.6. The van der Waals surface area contributed by atoms with Crippen molar-refractivity contribution >= 4 is 12.2 Å². The number of H-pyrrole nitrogens is 1. The molecule has 0 amide bonds. The Kier molecular flexibility index (Phi) is 3.69. The number of hydrogen-bond donors (Lipinski definition) is 1. The predicted octanol–water partition coefficient (Wildman–Crippen LogP) is 2.29. The number of pyridine rings is 1. The molecule has 0 saturated carbocycles. The van der Waals surface area contributed by atoms with Gasteiger partial charge in [-0.25, -0.2) is 4.98 Å². The van der Waals surface area contributed by atoms with Crippen LogP contribution in [-0.4, -0.2) is 29.3 Å². The van der Waals surface area contributed by atoms with E-state index in [4.69, 9.17) is 12.2 Å². The van der Waals surface area contributed by atoms with Gasteiger partial charge in [0.1, 0.15) is 0 Å². The Balaban J connectivity index is 1.76. The third-order valence-electron chi connectivity index (χ3n) is 3.05. The van der Waals surface area contributed by atoms with Crippen LogP contribution in [0.2, 0.25) is 0 Å². The number of aryl methyl sites for hydroxylation is 1. The van der Waals surface area contributed by atoms with Gasteiger partial charge in [0.25, 0.3) is 0 Å². The number of nitrogens with zero attached hydrogens (tertiary/aromatic N) is 5. The highest BCUT2D eigenvalue weighted by Gasteiger charge is 2.08. The summed E-state index contributed by atoms with van der Waals surface area (Å²) in [6, 6.07) is 3.86. The molecule has 102 valence electrons. The minimum Gasteiger partial charge on any atom is -0.337 e. The zero-order chi connectivity index (χ0) is 13.8. The van der Waals surface area contributed by atoms with E-state index >= 15 is 0 Å². The summed E-state index contributed by atoms with van der Waals surface area (Å²) in [4.78, 5) is 8.05. The molecule has 20 heavy (non-hydrogen) atoms. The summed E-state index contributed by atoms with van der Waals surface area (Å²) >= 11 is 5.30. The fourth-order valence-corrected chi connectivity index (χ4v) is 2.30. The Morgan fingerprint density at radius 1 is 1.10 bits per heavy atom. The molecule has 0 aliphatic carbocycles. The van der Waals surface area contributed by atoms with Crippen molar-refractivity contribution in [1.82, 2.24) is 29.3 Å². The van der Waals surface area contributed by atoms with Crippen molar-refractivity contribution < 1.29 is 0 Å². The Hall–Kier alpha value is -2.28. The van der Waals surface area contributed by atoms with E-state index in [9.17, 15) is 0 Å². The first-order valence-electron chi connectivity index (χ1n) is 6.36. The Morgan fingerprint density at radius 2 is 1.95 bits per heavy atom. The molecule has 1 N–H and O–H groups in total. The maximum atomic E-state index is 5.30. The van der Waals surface area contributed by atoms with Crippen LogP contribution in [0.25, 0.3) is 11.4 Å². The van der Waals surface area contributed by atoms with Crippen LogP contribution >= 0.6 is 12.2 Å². The molecule has 0 saturated heterocycles. The van der Waals surface area contributed by atoms with Crippen molar-refractivity contribution in [3.05, 3.63) is 48.0 Å². The molecule has 3 heterocycles. The topological polar surface area (TPSA) is 64.3 Å². The van der Waals surface area contributed by atoms with E-state index in [0.29, 0.717) is 4.77 Å². The standard InChI is InChI=1S/C13H14N6S/c20-13-17-16-12(11-2-4-14-5-3-11)19(13)8-1-7-18-9-6-15-10-18/h2-6,9-10H,1,7-8H2,(H,17,20). The summed E-state index contributed by atoms with van der Waals surface area (Å²) < 4.78 is 4.71. The van der Waals surface area contributed by atoms with Crippen molar-refractivity contribution in [2.24, 2.45) is 0 Å². The summed E-state index contributed by atoms with van der Waals surface area (Å²) in [5, 5.41) is 7.16. The second-order valence-corrected chi connectivity index (χ2v) is 4.78. The van der Waals surface area contributed by atoms with Gasteiger partial charge < -0.3 is 9.13 Å². The lowest BCUT2D eigenvalue weighted by molar-refractivity contribution is 0.562. The average molecular weight is 286 g/mol. The quantitative estimate of drug-likeness (QED) is 0.731. The lowest BCUT2D eigenvalue weighted by atomic mass is 10.2. The highest BCUT2D eigenvalue weighted by molar-refractivity contribution is 7.71. The number of aromatic nitrogens is 6. The predicted molar refractivity (Wildman–Crippen MR) is 77.5 cm³/mol. The van der Waals surface area contributed by atoms with Crippen LogP contribution in [0.4, 0.5) is 0 Å². The molecule has 0 bridgehead atoms. The van der Waals surface area contributed by atoms with E-state index in [0.717, 1.165) is 30.9 Å². The van der Waals surface area contributed by atoms with Crippen molar-refractivity contribution in [1.29, 1.82) is 0 Å². The molecule has 3 aromatic rings. The molecule has 0 aliphatic heterocycles. The van der Waals surface area contributed by atoms with Crippen LogP contribution < -0.4 is 0 Å². The Labute approximate surface area is 121 Å². The summed E-state index contributed by atoms with van der Waals surface area (Å²) in [7, 11) is 0. The Morgan fingerprint density at radius 3 is 2.70 bits per heavy atom. The number of nitrogens with one attached hydrogen (secondary N) is 1. The summed E-state index contributed by atoms with van der Waals surface area (Å²) in [6.45, 7) is 1.72. The molecule has 0 atom stereocenters. The van der Waals surface area contributed by atoms with Gasteiger partial charge in [-0.1, -0.05) is 0 Å². The van der Waals surface area contributed by atoms with E-state index < -0.39 is 0 Å². The minimum atomic E-state index is 0.641. The normalized spacial score (nSPS) is 10.8. The van der Waals surface area contributed by atoms with Crippen LogP contribution in [0.15, 0.2) is 43.2 Å². The van der Waals surface area contributed by atoms with Crippen LogP contribution in [0.1, 0.15) is 6.42 Å². The lowest BCUT2D eigenvalue weighted by Gasteiger charge is -2.07. The summed E-state index contributed by atoms with van der Waals surface area (Å²) in [5.74, 6) is 0.850. The second-order valence-electron chi connectivity index (χ2n) is 4.39. The van der Waals surface area contributed by atoms with E-state index in [1.54, 1.807) is 18.6 Å². The van der Waals surface area contributed by atoms with Crippen molar-refractivity contribution in [3.63, 3.8) is 0 Å². The first kappa shape index (κ1) is 12.7. The van der Waals surface area contributed by atoms with Gasteiger partial charge in [-0.05, 0) is 30.8 Å². The highest BCUT2D eigenvalue weighted by Crippen LogP contribution is 2.16. The molecule has 0 unspecified atom stereocenters. The molecular weight excluding hydrogens is 272 g/mol. The first-order valence-corrected chi connectivity index (χ1v) is 6.77. The van der Waals surface area contributed by atoms with Gasteiger partial charge in [0.2, 0.25) is 0 Å². The summed E-state index contributed by atoms with van der Waals surface area (Å²) in [5.41, 5.74) is 1.01. The number of hydrogen-bond acceptors (Lipinski definition) is 4. The van der Waals surface area contributed by atoms with Gasteiger partial charge >= 0.3 is 0 Å². The fourth-order valence-electron chi connectivity index (χ4n) is 2.08. The molecule has 6 nitrogen and oxygen atoms in total. The van der Waals surface area contributed by atoms with Crippen molar-refractivity contribution in [3.8, 4) is 11.4 Å². The SMILES string of the molecule is S=c1[nH]nc(-c2ccncc2)n1CCCn1ccnc1. The van der Waals surface area contributed by atoms with Crippen LogP contribution in [-0.2, 0) is 13.1 Å². The van der Waals surface area contributed by atoms with Gasteiger partial charge in [-0.3, -0.25) is 10.1 Å². The van der Waals surface area contributed by atoms with Gasteiger partial charge in [0, 0.05) is 43.4 Å². The molecule has 3 rings (SSSR count). The molecule has 3 aromatic heterocycles. The van der Waals surface area contributed by atoms with Gasteiger partial charge in [-0.2, -0.15) is 5.10 Å². The molecule has 0 spiro atoms. The van der Waals surface area contributed by atoms with Gasteiger partial charge in [-0.15, -0.1) is 0 Å². The average Bonchev–Trinajstić information content (AvgIpc) is 3.11. The molecule has 0 fully saturated rings. The van der Waals surface area contributed by atoms with Crippen molar-refractivity contribution in [2.75, 3.05) is 0 Å². The van der Waals surface area contributed by atoms with E-state index in [2.05, 4.69) is 24.7 Å². The highest BCUT2D eigenvalue weighted by atomic mass is 32.1. The first-order chi connectivity index (χ1) is 9.84. The lowest BCUT2D eigenvalue weighted by Crippen LogP contribution is -2.05. The number of aromatic amines is 1. The van der Waals surface area contributed by atoms with Crippen LogP contribution in [0, 0.1) is 4.77 Å². The third-order valence-corrected chi connectivity index (χ3v) is 3.37. The molecule has 0 radical (unpaired) electrons. The Bertz CT molecular complexity index is 713. The number of rotatable bonds is 5. The summed E-state index contributed by atoms with van der Waals surface area (Å²) in [6.07, 6.45) is 10.0. The maximum Gasteiger partial charge on any atom is 0.195 e. The monoisotopic (exact) mass is 286 g/mol. The number of imidazole rings is 1.